The molecule has 1 aromatic heterocycles. The fourth-order valence-corrected chi connectivity index (χ4v) is 4.64. The fourth-order valence-electron chi connectivity index (χ4n) is 3.23. The van der Waals surface area contributed by atoms with Gasteiger partial charge in [0.1, 0.15) is 5.75 Å². The van der Waals surface area contributed by atoms with Crippen molar-refractivity contribution in [2.24, 2.45) is 0 Å². The molecule has 0 N–H and O–H groups in total. The monoisotopic (exact) mass is 377 g/mol. The van der Waals surface area contributed by atoms with Crippen molar-refractivity contribution in [3.8, 4) is 5.75 Å². The van der Waals surface area contributed by atoms with Gasteiger partial charge in [0.2, 0.25) is 0 Å². The summed E-state index contributed by atoms with van der Waals surface area (Å²) in [7, 11) is -2.02. The number of para-hydroxylation sites is 1. The molecular weight excluding hydrogens is 358 g/mol. The molecule has 5 heteroatoms. The molecule has 0 bridgehead atoms. The van der Waals surface area contributed by atoms with Crippen LogP contribution in [0.25, 0.3) is 10.9 Å². The highest BCUT2D eigenvalue weighted by Gasteiger charge is 2.20. The maximum Gasteiger partial charge on any atom is 0.268 e. The van der Waals surface area contributed by atoms with E-state index in [2.05, 4.69) is 0 Å². The van der Waals surface area contributed by atoms with Crippen LogP contribution in [0.1, 0.15) is 11.1 Å². The highest BCUT2D eigenvalue weighted by Crippen LogP contribution is 2.28. The van der Waals surface area contributed by atoms with E-state index in [1.54, 1.807) is 37.6 Å². The molecule has 4 rings (SSSR count). The van der Waals surface area contributed by atoms with Crippen LogP contribution in [0, 0.1) is 0 Å². The quantitative estimate of drug-likeness (QED) is 0.515. The lowest BCUT2D eigenvalue weighted by Gasteiger charge is -2.07. The standard InChI is InChI=1S/C22H19NO3S/c1-26-19-13-11-17(12-14-19)15-18-16-23(22-10-6-5-9-21(18)22)27(24,25)20-7-3-2-4-8-20/h2-14,16H,15H2,1H3. The summed E-state index contributed by atoms with van der Waals surface area (Å²) in [6.07, 6.45) is 2.37. The summed E-state index contributed by atoms with van der Waals surface area (Å²) in [5.74, 6) is 0.799. The lowest BCUT2D eigenvalue weighted by molar-refractivity contribution is 0.414. The largest absolute Gasteiger partial charge is 0.497 e. The Morgan fingerprint density at radius 1 is 0.852 bits per heavy atom. The molecule has 0 radical (unpaired) electrons. The minimum absolute atomic E-state index is 0.279. The Balaban J connectivity index is 1.82. The highest BCUT2D eigenvalue weighted by atomic mass is 32.2. The highest BCUT2D eigenvalue weighted by molar-refractivity contribution is 7.90. The molecule has 0 amide bonds. The second-order valence-corrected chi connectivity index (χ2v) is 8.13. The van der Waals surface area contributed by atoms with E-state index in [0.29, 0.717) is 11.9 Å². The Morgan fingerprint density at radius 3 is 2.22 bits per heavy atom. The molecule has 4 nitrogen and oxygen atoms in total. The summed E-state index contributed by atoms with van der Waals surface area (Å²) < 4.78 is 32.9. The second kappa shape index (κ2) is 6.93. The first-order valence-corrected chi connectivity index (χ1v) is 10.1. The van der Waals surface area contributed by atoms with Crippen LogP contribution in [-0.2, 0) is 16.4 Å². The van der Waals surface area contributed by atoms with Crippen molar-refractivity contribution in [3.05, 3.63) is 96.2 Å². The van der Waals surface area contributed by atoms with Crippen LogP contribution in [-0.4, -0.2) is 19.5 Å². The number of hydrogen-bond acceptors (Lipinski definition) is 3. The van der Waals surface area contributed by atoms with Crippen LogP contribution in [0.5, 0.6) is 5.75 Å². The average Bonchev–Trinajstić information content (AvgIpc) is 3.09. The molecule has 4 aromatic rings. The van der Waals surface area contributed by atoms with E-state index in [4.69, 9.17) is 4.74 Å². The first-order chi connectivity index (χ1) is 13.1. The van der Waals surface area contributed by atoms with Gasteiger partial charge in [-0.15, -0.1) is 0 Å². The zero-order valence-corrected chi connectivity index (χ0v) is 15.7. The van der Waals surface area contributed by atoms with Crippen molar-refractivity contribution in [1.29, 1.82) is 0 Å². The Morgan fingerprint density at radius 2 is 1.52 bits per heavy atom. The number of nitrogens with zero attached hydrogens (tertiary/aromatic N) is 1. The van der Waals surface area contributed by atoms with E-state index in [1.807, 2.05) is 54.6 Å². The molecule has 0 saturated carbocycles. The van der Waals surface area contributed by atoms with Crippen LogP contribution < -0.4 is 4.74 Å². The predicted molar refractivity (Wildman–Crippen MR) is 107 cm³/mol. The first-order valence-electron chi connectivity index (χ1n) is 8.62. The molecule has 0 fully saturated rings. The van der Waals surface area contributed by atoms with Crippen molar-refractivity contribution in [2.45, 2.75) is 11.3 Å². The van der Waals surface area contributed by atoms with Gasteiger partial charge in [0.25, 0.3) is 10.0 Å². The van der Waals surface area contributed by atoms with Crippen molar-refractivity contribution in [1.82, 2.24) is 3.97 Å². The van der Waals surface area contributed by atoms with Crippen LogP contribution in [0.2, 0.25) is 0 Å². The zero-order valence-electron chi connectivity index (χ0n) is 14.9. The van der Waals surface area contributed by atoms with Gasteiger partial charge in [0.05, 0.1) is 17.5 Å². The minimum Gasteiger partial charge on any atom is -0.497 e. The molecule has 0 spiro atoms. The maximum absolute atomic E-state index is 13.1. The van der Waals surface area contributed by atoms with Crippen LogP contribution >= 0.6 is 0 Å². The second-order valence-electron chi connectivity index (χ2n) is 6.31. The van der Waals surface area contributed by atoms with Crippen molar-refractivity contribution in [2.75, 3.05) is 7.11 Å². The van der Waals surface area contributed by atoms with Gasteiger partial charge in [-0.25, -0.2) is 12.4 Å². The van der Waals surface area contributed by atoms with Crippen molar-refractivity contribution >= 4 is 20.9 Å². The number of benzene rings is 3. The molecule has 0 unspecified atom stereocenters. The number of aromatic nitrogens is 1. The van der Waals surface area contributed by atoms with E-state index in [9.17, 15) is 8.42 Å². The number of methoxy groups -OCH3 is 1. The van der Waals surface area contributed by atoms with Crippen molar-refractivity contribution in [3.63, 3.8) is 0 Å². The zero-order chi connectivity index (χ0) is 18.9. The number of hydrogen-bond donors (Lipinski definition) is 0. The van der Waals surface area contributed by atoms with Gasteiger partial charge in [0, 0.05) is 11.6 Å². The first kappa shape index (κ1) is 17.4. The summed E-state index contributed by atoms with van der Waals surface area (Å²) >= 11 is 0. The van der Waals surface area contributed by atoms with Gasteiger partial charge in [0.15, 0.2) is 0 Å². The number of ether oxygens (including phenoxy) is 1. The molecule has 0 atom stereocenters. The van der Waals surface area contributed by atoms with Gasteiger partial charge in [-0.2, -0.15) is 0 Å². The van der Waals surface area contributed by atoms with E-state index in [1.165, 1.54) is 3.97 Å². The molecule has 0 aliphatic heterocycles. The van der Waals surface area contributed by atoms with Crippen LogP contribution in [0.3, 0.4) is 0 Å². The summed E-state index contributed by atoms with van der Waals surface area (Å²) in [4.78, 5) is 0.279. The van der Waals surface area contributed by atoms with E-state index >= 15 is 0 Å². The third kappa shape index (κ3) is 3.22. The lowest BCUT2D eigenvalue weighted by atomic mass is 10.0. The lowest BCUT2D eigenvalue weighted by Crippen LogP contribution is -2.11. The van der Waals surface area contributed by atoms with Gasteiger partial charge < -0.3 is 4.74 Å². The molecule has 27 heavy (non-hydrogen) atoms. The Kier molecular flexibility index (Phi) is 4.46. The fraction of sp³-hybridized carbons (Fsp3) is 0.0909. The SMILES string of the molecule is COc1ccc(Cc2cn(S(=O)(=O)c3ccccc3)c3ccccc23)cc1. The molecule has 0 aliphatic carbocycles. The average molecular weight is 377 g/mol. The Hall–Kier alpha value is -3.05. The summed E-state index contributed by atoms with van der Waals surface area (Å²) in [5.41, 5.74) is 2.75. The van der Waals surface area contributed by atoms with Gasteiger partial charge >= 0.3 is 0 Å². The van der Waals surface area contributed by atoms with Crippen LogP contribution in [0.15, 0.2) is 90.0 Å². The van der Waals surface area contributed by atoms with Gasteiger partial charge in [-0.1, -0.05) is 48.5 Å². The molecular formula is C22H19NO3S. The van der Waals surface area contributed by atoms with E-state index in [-0.39, 0.29) is 4.90 Å². The molecule has 3 aromatic carbocycles. The van der Waals surface area contributed by atoms with Gasteiger partial charge in [-0.3, -0.25) is 0 Å². The predicted octanol–water partition coefficient (Wildman–Crippen LogP) is 4.48. The molecule has 0 aliphatic rings. The molecule has 0 saturated heterocycles. The smallest absolute Gasteiger partial charge is 0.268 e. The van der Waals surface area contributed by atoms with E-state index < -0.39 is 10.0 Å². The van der Waals surface area contributed by atoms with Crippen LogP contribution in [0.4, 0.5) is 0 Å². The van der Waals surface area contributed by atoms with Crippen molar-refractivity contribution < 1.29 is 13.2 Å². The third-order valence-corrected chi connectivity index (χ3v) is 6.30. The molecule has 136 valence electrons. The summed E-state index contributed by atoms with van der Waals surface area (Å²) in [6.45, 7) is 0. The Labute approximate surface area is 158 Å². The topological polar surface area (TPSA) is 48.3 Å². The minimum atomic E-state index is -3.65. The maximum atomic E-state index is 13.1. The molecule has 1 heterocycles. The van der Waals surface area contributed by atoms with Gasteiger partial charge in [-0.05, 0) is 47.9 Å². The third-order valence-electron chi connectivity index (χ3n) is 4.61. The summed E-state index contributed by atoms with van der Waals surface area (Å²) in [6, 6.07) is 23.9. The Bertz CT molecular complexity index is 1180. The number of rotatable bonds is 5. The summed E-state index contributed by atoms with van der Waals surface area (Å²) in [5, 5.41) is 0.938. The van der Waals surface area contributed by atoms with E-state index in [0.717, 1.165) is 22.3 Å². The normalized spacial score (nSPS) is 11.6. The number of fused-ring (bicyclic) bond motifs is 1.